The van der Waals surface area contributed by atoms with Gasteiger partial charge in [-0.1, -0.05) is 6.08 Å². The first kappa shape index (κ1) is 10.4. The molecular formula is C10H17NO2. The Labute approximate surface area is 78.9 Å². The van der Waals surface area contributed by atoms with E-state index in [9.17, 15) is 4.79 Å². The summed E-state index contributed by atoms with van der Waals surface area (Å²) in [7, 11) is 0. The van der Waals surface area contributed by atoms with Crippen LogP contribution in [-0.4, -0.2) is 25.5 Å². The van der Waals surface area contributed by atoms with Crippen molar-refractivity contribution in [3.8, 4) is 0 Å². The molecule has 0 aromatic rings. The number of allylic oxidation sites excluding steroid dienone is 1. The lowest BCUT2D eigenvalue weighted by Crippen LogP contribution is -2.16. The van der Waals surface area contributed by atoms with Gasteiger partial charge < -0.3 is 10.5 Å². The van der Waals surface area contributed by atoms with Crippen molar-refractivity contribution in [2.24, 2.45) is 5.73 Å². The number of ketones is 1. The van der Waals surface area contributed by atoms with E-state index >= 15 is 0 Å². The Hall–Kier alpha value is -0.670. The normalized spacial score (nSPS) is 16.8. The summed E-state index contributed by atoms with van der Waals surface area (Å²) in [6, 6.07) is 0. The lowest BCUT2D eigenvalue weighted by atomic mass is 9.97. The maximum absolute atomic E-state index is 11.4. The molecule has 0 aliphatic heterocycles. The molecule has 2 N–H and O–H groups in total. The summed E-state index contributed by atoms with van der Waals surface area (Å²) in [5.74, 6) is 0.133. The second-order valence-electron chi connectivity index (χ2n) is 3.24. The highest BCUT2D eigenvalue weighted by molar-refractivity contribution is 5.96. The second kappa shape index (κ2) is 5.89. The van der Waals surface area contributed by atoms with E-state index in [0.717, 1.165) is 24.8 Å². The SMILES string of the molecule is NCCOCC(=O)C1=CCCCC1. The molecule has 3 nitrogen and oxygen atoms in total. The molecule has 0 saturated carbocycles. The van der Waals surface area contributed by atoms with E-state index in [1.54, 1.807) is 0 Å². The van der Waals surface area contributed by atoms with Crippen molar-refractivity contribution in [2.45, 2.75) is 25.7 Å². The Balaban J connectivity index is 2.25. The molecule has 0 unspecified atom stereocenters. The number of hydrogen-bond acceptors (Lipinski definition) is 3. The van der Waals surface area contributed by atoms with Crippen LogP contribution in [0.4, 0.5) is 0 Å². The highest BCUT2D eigenvalue weighted by atomic mass is 16.5. The third-order valence-corrected chi connectivity index (χ3v) is 2.14. The summed E-state index contributed by atoms with van der Waals surface area (Å²) >= 11 is 0. The molecule has 1 aliphatic rings. The van der Waals surface area contributed by atoms with Crippen LogP contribution in [0.15, 0.2) is 11.6 Å². The van der Waals surface area contributed by atoms with Crippen LogP contribution >= 0.6 is 0 Å². The smallest absolute Gasteiger partial charge is 0.184 e. The van der Waals surface area contributed by atoms with Crippen LogP contribution in [0.5, 0.6) is 0 Å². The summed E-state index contributed by atoms with van der Waals surface area (Å²) in [5.41, 5.74) is 6.19. The number of rotatable bonds is 5. The van der Waals surface area contributed by atoms with Crippen molar-refractivity contribution in [3.05, 3.63) is 11.6 Å². The third-order valence-electron chi connectivity index (χ3n) is 2.14. The molecule has 1 aliphatic carbocycles. The minimum Gasteiger partial charge on any atom is -0.372 e. The van der Waals surface area contributed by atoms with Gasteiger partial charge in [-0.15, -0.1) is 0 Å². The third kappa shape index (κ3) is 3.70. The molecule has 0 amide bonds. The predicted octanol–water partition coefficient (Wildman–Crippen LogP) is 1.03. The fourth-order valence-electron chi connectivity index (χ4n) is 1.43. The van der Waals surface area contributed by atoms with Gasteiger partial charge in [-0.2, -0.15) is 0 Å². The molecule has 0 saturated heterocycles. The molecule has 13 heavy (non-hydrogen) atoms. The minimum absolute atomic E-state index is 0.133. The zero-order valence-electron chi connectivity index (χ0n) is 7.92. The Morgan fingerprint density at radius 1 is 1.54 bits per heavy atom. The summed E-state index contributed by atoms with van der Waals surface area (Å²) in [6.45, 7) is 1.15. The van der Waals surface area contributed by atoms with Crippen molar-refractivity contribution < 1.29 is 9.53 Å². The molecule has 0 aromatic heterocycles. The fraction of sp³-hybridized carbons (Fsp3) is 0.700. The van der Waals surface area contributed by atoms with E-state index < -0.39 is 0 Å². The standard InChI is InChI=1S/C10H17NO2/c11-6-7-13-8-10(12)9-4-2-1-3-5-9/h4H,1-3,5-8,11H2. The Morgan fingerprint density at radius 3 is 3.00 bits per heavy atom. The molecule has 0 heterocycles. The van der Waals surface area contributed by atoms with Gasteiger partial charge in [0.25, 0.3) is 0 Å². The van der Waals surface area contributed by atoms with Crippen LogP contribution in [0.1, 0.15) is 25.7 Å². The van der Waals surface area contributed by atoms with Gasteiger partial charge in [-0.05, 0) is 31.3 Å². The molecule has 0 bridgehead atoms. The highest BCUT2D eigenvalue weighted by Crippen LogP contribution is 2.17. The Kier molecular flexibility index (Phi) is 4.72. The second-order valence-corrected chi connectivity index (χ2v) is 3.24. The maximum Gasteiger partial charge on any atom is 0.184 e. The molecule has 0 fully saturated rings. The molecule has 0 spiro atoms. The lowest BCUT2D eigenvalue weighted by Gasteiger charge is -2.11. The van der Waals surface area contributed by atoms with Crippen molar-refractivity contribution in [1.82, 2.24) is 0 Å². The number of nitrogens with two attached hydrogens (primary N) is 1. The average molecular weight is 183 g/mol. The molecule has 0 atom stereocenters. The number of Topliss-reactive ketones (excluding diaryl/α,β-unsaturated/α-hetero) is 1. The van der Waals surface area contributed by atoms with Gasteiger partial charge in [0.2, 0.25) is 0 Å². The summed E-state index contributed by atoms with van der Waals surface area (Å²) < 4.78 is 5.08. The number of ether oxygens (including phenoxy) is 1. The van der Waals surface area contributed by atoms with E-state index in [2.05, 4.69) is 0 Å². The zero-order chi connectivity index (χ0) is 9.52. The lowest BCUT2D eigenvalue weighted by molar-refractivity contribution is -0.120. The van der Waals surface area contributed by atoms with Crippen LogP contribution < -0.4 is 5.73 Å². The highest BCUT2D eigenvalue weighted by Gasteiger charge is 2.11. The van der Waals surface area contributed by atoms with Gasteiger partial charge in [0.05, 0.1) is 6.61 Å². The van der Waals surface area contributed by atoms with Gasteiger partial charge in [-0.3, -0.25) is 4.79 Å². The van der Waals surface area contributed by atoms with Gasteiger partial charge in [0.1, 0.15) is 6.61 Å². The zero-order valence-corrected chi connectivity index (χ0v) is 7.92. The van der Waals surface area contributed by atoms with Gasteiger partial charge in [0, 0.05) is 6.54 Å². The molecule has 0 aromatic carbocycles. The van der Waals surface area contributed by atoms with Crippen LogP contribution in [0.3, 0.4) is 0 Å². The van der Waals surface area contributed by atoms with Gasteiger partial charge in [-0.25, -0.2) is 0 Å². The van der Waals surface area contributed by atoms with Crippen LogP contribution in [-0.2, 0) is 9.53 Å². The monoisotopic (exact) mass is 183 g/mol. The van der Waals surface area contributed by atoms with Gasteiger partial charge in [0.15, 0.2) is 5.78 Å². The Bertz CT molecular complexity index is 199. The number of carbonyl (C=O) groups is 1. The molecule has 74 valence electrons. The first-order chi connectivity index (χ1) is 6.34. The maximum atomic E-state index is 11.4. The number of carbonyl (C=O) groups excluding carboxylic acids is 1. The van der Waals surface area contributed by atoms with Gasteiger partial charge >= 0.3 is 0 Å². The topological polar surface area (TPSA) is 52.3 Å². The first-order valence-corrected chi connectivity index (χ1v) is 4.84. The van der Waals surface area contributed by atoms with Crippen LogP contribution in [0, 0.1) is 0 Å². The molecule has 1 rings (SSSR count). The summed E-state index contributed by atoms with van der Waals surface area (Å²) in [6.07, 6.45) is 6.34. The van der Waals surface area contributed by atoms with E-state index in [4.69, 9.17) is 10.5 Å². The first-order valence-electron chi connectivity index (χ1n) is 4.84. The average Bonchev–Trinajstić information content (AvgIpc) is 2.19. The van der Waals surface area contributed by atoms with Crippen LogP contribution in [0.2, 0.25) is 0 Å². The van der Waals surface area contributed by atoms with E-state index in [-0.39, 0.29) is 12.4 Å². The van der Waals surface area contributed by atoms with E-state index in [1.165, 1.54) is 6.42 Å². The minimum atomic E-state index is 0.133. The summed E-state index contributed by atoms with van der Waals surface area (Å²) in [5, 5.41) is 0. The van der Waals surface area contributed by atoms with E-state index in [0.29, 0.717) is 13.2 Å². The van der Waals surface area contributed by atoms with Crippen LogP contribution in [0.25, 0.3) is 0 Å². The van der Waals surface area contributed by atoms with Crippen molar-refractivity contribution in [3.63, 3.8) is 0 Å². The van der Waals surface area contributed by atoms with E-state index in [1.807, 2.05) is 6.08 Å². The largest absolute Gasteiger partial charge is 0.372 e. The number of hydrogen-bond donors (Lipinski definition) is 1. The predicted molar refractivity (Wildman–Crippen MR) is 51.4 cm³/mol. The van der Waals surface area contributed by atoms with Crippen molar-refractivity contribution in [1.29, 1.82) is 0 Å². The summed E-state index contributed by atoms with van der Waals surface area (Å²) in [4.78, 5) is 11.4. The Morgan fingerprint density at radius 2 is 2.38 bits per heavy atom. The fourth-order valence-corrected chi connectivity index (χ4v) is 1.43. The van der Waals surface area contributed by atoms with Crippen molar-refractivity contribution >= 4 is 5.78 Å². The van der Waals surface area contributed by atoms with Crippen molar-refractivity contribution in [2.75, 3.05) is 19.8 Å². The quantitative estimate of drug-likeness (QED) is 0.648. The molecule has 3 heteroatoms. The molecular weight excluding hydrogens is 166 g/mol. The molecule has 0 radical (unpaired) electrons.